The Labute approximate surface area is 109 Å². The van der Waals surface area contributed by atoms with Crippen molar-refractivity contribution in [3.8, 4) is 17.0 Å². The maximum Gasteiger partial charge on any atom is 0.335 e. The van der Waals surface area contributed by atoms with E-state index in [0.29, 0.717) is 22.0 Å². The van der Waals surface area contributed by atoms with E-state index in [1.54, 1.807) is 24.4 Å². The minimum atomic E-state index is -1.03. The number of aromatic carboxylic acids is 1. The number of hydrogen-bond donors (Lipinski definition) is 1. The number of nitrogens with zero attached hydrogens (tertiary/aromatic N) is 1. The SMILES string of the molecule is COc1ncccc1-c1cc(Cl)cc(C(=O)O)c1. The smallest absolute Gasteiger partial charge is 0.335 e. The standard InChI is InChI=1S/C13H10ClNO3/c1-18-12-11(3-2-4-15-12)8-5-9(13(16)17)7-10(14)6-8/h2-7H,1H3,(H,16,17). The van der Waals surface area contributed by atoms with E-state index in [1.165, 1.54) is 19.2 Å². The van der Waals surface area contributed by atoms with E-state index in [-0.39, 0.29) is 5.56 Å². The summed E-state index contributed by atoms with van der Waals surface area (Å²) in [6.45, 7) is 0. The topological polar surface area (TPSA) is 59.4 Å². The van der Waals surface area contributed by atoms with E-state index in [4.69, 9.17) is 21.4 Å². The number of carbonyl (C=O) groups is 1. The fourth-order valence-electron chi connectivity index (χ4n) is 1.64. The summed E-state index contributed by atoms with van der Waals surface area (Å²) in [6, 6.07) is 8.15. The zero-order chi connectivity index (χ0) is 13.1. The van der Waals surface area contributed by atoms with E-state index < -0.39 is 5.97 Å². The molecule has 2 aromatic rings. The Hall–Kier alpha value is -2.07. The second kappa shape index (κ2) is 5.06. The van der Waals surface area contributed by atoms with Crippen LogP contribution >= 0.6 is 11.6 Å². The Kier molecular flexibility index (Phi) is 3.48. The predicted molar refractivity (Wildman–Crippen MR) is 68.2 cm³/mol. The molecule has 2 rings (SSSR count). The van der Waals surface area contributed by atoms with Crippen molar-refractivity contribution < 1.29 is 14.6 Å². The quantitative estimate of drug-likeness (QED) is 0.924. The summed E-state index contributed by atoms with van der Waals surface area (Å²) in [5, 5.41) is 9.36. The second-order valence-electron chi connectivity index (χ2n) is 3.59. The van der Waals surface area contributed by atoms with Crippen LogP contribution in [0.5, 0.6) is 5.88 Å². The molecule has 92 valence electrons. The van der Waals surface area contributed by atoms with Gasteiger partial charge in [0.05, 0.1) is 12.7 Å². The van der Waals surface area contributed by atoms with Crippen LogP contribution < -0.4 is 4.74 Å². The summed E-state index contributed by atoms with van der Waals surface area (Å²) < 4.78 is 5.14. The molecular formula is C13H10ClNO3. The highest BCUT2D eigenvalue weighted by Gasteiger charge is 2.11. The summed E-state index contributed by atoms with van der Waals surface area (Å²) in [7, 11) is 1.51. The molecule has 18 heavy (non-hydrogen) atoms. The van der Waals surface area contributed by atoms with Crippen molar-refractivity contribution >= 4 is 17.6 Å². The number of methoxy groups -OCH3 is 1. The average molecular weight is 264 g/mol. The Morgan fingerprint density at radius 2 is 2.17 bits per heavy atom. The van der Waals surface area contributed by atoms with Crippen LogP contribution in [0.3, 0.4) is 0 Å². The first-order chi connectivity index (χ1) is 8.61. The van der Waals surface area contributed by atoms with Crippen molar-refractivity contribution in [2.24, 2.45) is 0 Å². The van der Waals surface area contributed by atoms with Crippen LogP contribution in [0.4, 0.5) is 0 Å². The normalized spacial score (nSPS) is 10.1. The van der Waals surface area contributed by atoms with Gasteiger partial charge in [0.15, 0.2) is 0 Å². The largest absolute Gasteiger partial charge is 0.481 e. The van der Waals surface area contributed by atoms with Gasteiger partial charge in [0.2, 0.25) is 5.88 Å². The lowest BCUT2D eigenvalue weighted by molar-refractivity contribution is 0.0697. The molecule has 0 atom stereocenters. The molecule has 0 aliphatic rings. The molecule has 0 radical (unpaired) electrons. The van der Waals surface area contributed by atoms with E-state index in [2.05, 4.69) is 4.98 Å². The molecule has 0 spiro atoms. The fourth-order valence-corrected chi connectivity index (χ4v) is 1.88. The molecule has 0 aliphatic heterocycles. The lowest BCUT2D eigenvalue weighted by Gasteiger charge is -2.08. The number of halogens is 1. The fraction of sp³-hybridized carbons (Fsp3) is 0.0769. The third kappa shape index (κ3) is 2.43. The summed E-state index contributed by atoms with van der Waals surface area (Å²) in [4.78, 5) is 15.1. The number of carboxylic acid groups (broad SMARTS) is 1. The van der Waals surface area contributed by atoms with E-state index in [0.717, 1.165) is 0 Å². The molecule has 0 amide bonds. The monoisotopic (exact) mass is 263 g/mol. The number of ether oxygens (including phenoxy) is 1. The maximum atomic E-state index is 11.0. The lowest BCUT2D eigenvalue weighted by Crippen LogP contribution is -1.97. The Bertz CT molecular complexity index is 599. The molecule has 0 saturated carbocycles. The summed E-state index contributed by atoms with van der Waals surface area (Å²) in [5.74, 6) is -0.599. The van der Waals surface area contributed by atoms with Gasteiger partial charge in [-0.3, -0.25) is 0 Å². The zero-order valence-corrected chi connectivity index (χ0v) is 10.3. The molecule has 1 aromatic carbocycles. The molecule has 4 nitrogen and oxygen atoms in total. The first-order valence-electron chi connectivity index (χ1n) is 5.15. The first kappa shape index (κ1) is 12.4. The van der Waals surface area contributed by atoms with Crippen LogP contribution in [0.15, 0.2) is 36.5 Å². The zero-order valence-electron chi connectivity index (χ0n) is 9.55. The van der Waals surface area contributed by atoms with Crippen LogP contribution in [0.1, 0.15) is 10.4 Å². The molecule has 0 bridgehead atoms. The molecule has 0 aliphatic carbocycles. The highest BCUT2D eigenvalue weighted by molar-refractivity contribution is 6.31. The van der Waals surface area contributed by atoms with Crippen molar-refractivity contribution in [2.75, 3.05) is 7.11 Å². The third-order valence-electron chi connectivity index (χ3n) is 2.42. The van der Waals surface area contributed by atoms with Gasteiger partial charge in [-0.25, -0.2) is 9.78 Å². The number of pyridine rings is 1. The number of rotatable bonds is 3. The van der Waals surface area contributed by atoms with Crippen molar-refractivity contribution in [1.29, 1.82) is 0 Å². The van der Waals surface area contributed by atoms with E-state index >= 15 is 0 Å². The second-order valence-corrected chi connectivity index (χ2v) is 4.03. The van der Waals surface area contributed by atoms with Gasteiger partial charge in [-0.1, -0.05) is 11.6 Å². The minimum absolute atomic E-state index is 0.128. The van der Waals surface area contributed by atoms with Gasteiger partial charge in [0.25, 0.3) is 0 Å². The summed E-state index contributed by atoms with van der Waals surface area (Å²) in [5.41, 5.74) is 1.48. The Morgan fingerprint density at radius 3 is 2.83 bits per heavy atom. The number of hydrogen-bond acceptors (Lipinski definition) is 3. The highest BCUT2D eigenvalue weighted by atomic mass is 35.5. The van der Waals surface area contributed by atoms with Gasteiger partial charge >= 0.3 is 5.97 Å². The number of carboxylic acids is 1. The van der Waals surface area contributed by atoms with Crippen molar-refractivity contribution in [3.63, 3.8) is 0 Å². The van der Waals surface area contributed by atoms with Crippen LogP contribution in [-0.2, 0) is 0 Å². The molecule has 0 unspecified atom stereocenters. The van der Waals surface area contributed by atoms with Crippen molar-refractivity contribution in [2.45, 2.75) is 0 Å². The lowest BCUT2D eigenvalue weighted by atomic mass is 10.0. The van der Waals surface area contributed by atoms with Gasteiger partial charge in [-0.2, -0.15) is 0 Å². The maximum absolute atomic E-state index is 11.0. The van der Waals surface area contributed by atoms with E-state index in [9.17, 15) is 4.79 Å². The van der Waals surface area contributed by atoms with Crippen molar-refractivity contribution in [3.05, 3.63) is 47.1 Å². The van der Waals surface area contributed by atoms with Crippen LogP contribution in [-0.4, -0.2) is 23.2 Å². The van der Waals surface area contributed by atoms with Gasteiger partial charge in [0, 0.05) is 16.8 Å². The van der Waals surface area contributed by atoms with Gasteiger partial charge < -0.3 is 9.84 Å². The number of aromatic nitrogens is 1. The molecule has 1 aromatic heterocycles. The minimum Gasteiger partial charge on any atom is -0.481 e. The van der Waals surface area contributed by atoms with Crippen LogP contribution in [0.25, 0.3) is 11.1 Å². The van der Waals surface area contributed by atoms with Crippen molar-refractivity contribution in [1.82, 2.24) is 4.98 Å². The van der Waals surface area contributed by atoms with Gasteiger partial charge in [-0.15, -0.1) is 0 Å². The Balaban J connectivity index is 2.60. The molecular weight excluding hydrogens is 254 g/mol. The molecule has 1 heterocycles. The van der Waals surface area contributed by atoms with Gasteiger partial charge in [0.1, 0.15) is 0 Å². The molecule has 5 heteroatoms. The summed E-state index contributed by atoms with van der Waals surface area (Å²) in [6.07, 6.45) is 1.60. The summed E-state index contributed by atoms with van der Waals surface area (Å²) >= 11 is 5.91. The first-order valence-corrected chi connectivity index (χ1v) is 5.53. The molecule has 0 saturated heterocycles. The number of benzene rings is 1. The molecule has 1 N–H and O–H groups in total. The van der Waals surface area contributed by atoms with Gasteiger partial charge in [-0.05, 0) is 35.9 Å². The van der Waals surface area contributed by atoms with E-state index in [1.807, 2.05) is 0 Å². The predicted octanol–water partition coefficient (Wildman–Crippen LogP) is 3.11. The molecule has 0 fully saturated rings. The third-order valence-corrected chi connectivity index (χ3v) is 2.64. The van der Waals surface area contributed by atoms with Crippen LogP contribution in [0.2, 0.25) is 5.02 Å². The van der Waals surface area contributed by atoms with Crippen LogP contribution in [0, 0.1) is 0 Å². The average Bonchev–Trinajstić information content (AvgIpc) is 2.38. The highest BCUT2D eigenvalue weighted by Crippen LogP contribution is 2.30. The Morgan fingerprint density at radius 1 is 1.39 bits per heavy atom.